The maximum Gasteiger partial charge on any atom is 0.408 e. The van der Waals surface area contributed by atoms with Crippen LogP contribution in [0.15, 0.2) is 312 Å². The lowest BCUT2D eigenvalue weighted by Gasteiger charge is -2.26. The highest BCUT2D eigenvalue weighted by Gasteiger charge is 2.38. The van der Waals surface area contributed by atoms with Gasteiger partial charge in [-0.2, -0.15) is 0 Å². The van der Waals surface area contributed by atoms with Crippen LogP contribution >= 0.6 is 125 Å². The minimum atomic E-state index is -1.31. The molecule has 8 atom stereocenters. The Morgan fingerprint density at radius 1 is 0.233 bits per heavy atom. The summed E-state index contributed by atoms with van der Waals surface area (Å²) in [6, 6.07) is 73.1. The molecule has 0 spiro atoms. The van der Waals surface area contributed by atoms with Gasteiger partial charge in [0.1, 0.15) is 88.5 Å². The number of ether oxygens (including phenoxy) is 3. The Labute approximate surface area is 922 Å². The van der Waals surface area contributed by atoms with Gasteiger partial charge in [-0.05, 0) is 204 Å². The smallest absolute Gasteiger partial charge is 0.408 e. The number of amides is 12. The fourth-order valence-electron chi connectivity index (χ4n) is 13.7. The van der Waals surface area contributed by atoms with Crippen LogP contribution in [0.2, 0.25) is 40.2 Å². The Morgan fingerprint density at radius 2 is 0.453 bits per heavy atom. The predicted octanol–water partition coefficient (Wildman–Crippen LogP) is 22.4. The molecule has 0 aromatic heterocycles. The molecule has 8 unspecified atom stereocenters. The van der Waals surface area contributed by atoms with Crippen LogP contribution in [-0.4, -0.2) is 112 Å². The molecule has 0 radical (unpaired) electrons. The predicted molar refractivity (Wildman–Crippen MR) is 589 cm³/mol. The maximum atomic E-state index is 13.6. The molecule has 0 fully saturated rings. The van der Waals surface area contributed by atoms with Crippen LogP contribution in [-0.2, 0) is 57.4 Å². The molecule has 12 aromatic carbocycles. The van der Waals surface area contributed by atoms with Gasteiger partial charge >= 0.3 is 18.3 Å². The van der Waals surface area contributed by atoms with Gasteiger partial charge in [0.15, 0.2) is 0 Å². The summed E-state index contributed by atoms with van der Waals surface area (Å²) in [6.45, 7) is 16.6. The zero-order chi connectivity index (χ0) is 110. The summed E-state index contributed by atoms with van der Waals surface area (Å²) in [4.78, 5) is 157. The van der Waals surface area contributed by atoms with E-state index in [9.17, 15) is 57.5 Å². The average molecular weight is 2320 g/mol. The van der Waals surface area contributed by atoms with E-state index >= 15 is 0 Å². The van der Waals surface area contributed by atoms with Crippen LogP contribution in [0.3, 0.4) is 0 Å². The van der Waals surface area contributed by atoms with Gasteiger partial charge in [0.05, 0.1) is 20.1 Å². The van der Waals surface area contributed by atoms with Crippen molar-refractivity contribution in [3.63, 3.8) is 0 Å². The number of hydrogen-bond donors (Lipinski definition) is 16. The summed E-state index contributed by atoms with van der Waals surface area (Å²) in [5.74, 6) is -6.43. The molecule has 41 heteroatoms. The number of benzene rings is 12. The van der Waals surface area contributed by atoms with Crippen molar-refractivity contribution < 1.29 is 71.7 Å². The van der Waals surface area contributed by atoms with E-state index in [0.717, 1.165) is 4.47 Å². The van der Waals surface area contributed by atoms with Crippen molar-refractivity contribution in [3.8, 4) is 0 Å². The van der Waals surface area contributed by atoms with Crippen LogP contribution in [0.1, 0.15) is 184 Å². The lowest BCUT2D eigenvalue weighted by molar-refractivity contribution is -0.131. The Morgan fingerprint density at radius 3 is 0.687 bits per heavy atom. The molecule has 12 rings (SSSR count). The van der Waals surface area contributed by atoms with E-state index in [1.807, 2.05) is 0 Å². The molecule has 12 amide bonds. The van der Waals surface area contributed by atoms with Crippen molar-refractivity contribution in [2.45, 2.75) is 134 Å². The summed E-state index contributed by atoms with van der Waals surface area (Å²) in [5.41, 5.74) is 2.70. The minimum Gasteiger partial charge on any atom is -0.444 e. The summed E-state index contributed by atoms with van der Waals surface area (Å²) < 4.78 is 17.5. The quantitative estimate of drug-likeness (QED) is 0.0123. The molecule has 31 nitrogen and oxygen atoms in total. The fourth-order valence-corrected chi connectivity index (χ4v) is 15.8. The van der Waals surface area contributed by atoms with Crippen molar-refractivity contribution in [2.75, 3.05) is 0 Å². The van der Waals surface area contributed by atoms with Crippen molar-refractivity contribution in [1.29, 1.82) is 21.6 Å². The number of alkyl carbamates (subject to hydrolysis) is 3. The largest absolute Gasteiger partial charge is 0.444 e. The third kappa shape index (κ3) is 38.7. The maximum absolute atomic E-state index is 13.6. The van der Waals surface area contributed by atoms with Crippen LogP contribution in [0.25, 0.3) is 0 Å². The fraction of sp³-hybridized carbons (Fsp3) is 0.193. The van der Waals surface area contributed by atoms with E-state index in [2.05, 4.69) is 95.7 Å². The number of rotatable bonds is 28. The molecule has 0 aliphatic rings. The Balaban J connectivity index is 0.000000222. The van der Waals surface area contributed by atoms with Gasteiger partial charge in [0.2, 0.25) is 29.5 Å². The van der Waals surface area contributed by atoms with Crippen LogP contribution in [0.4, 0.5) is 14.4 Å². The zero-order valence-corrected chi connectivity index (χ0v) is 91.1. The first-order valence-electron chi connectivity index (χ1n) is 45.5. The van der Waals surface area contributed by atoms with Gasteiger partial charge in [-0.15, -0.1) is 0 Å². The molecule has 0 heterocycles. The summed E-state index contributed by atoms with van der Waals surface area (Å²) in [7, 11) is 0. The topological polar surface area (TPSA) is 472 Å². The highest BCUT2D eigenvalue weighted by Crippen LogP contribution is 2.33. The van der Waals surface area contributed by atoms with Crippen molar-refractivity contribution in [3.05, 3.63) is 419 Å². The third-order valence-corrected chi connectivity index (χ3v) is 23.9. The van der Waals surface area contributed by atoms with Gasteiger partial charge < -0.3 is 78.0 Å². The van der Waals surface area contributed by atoms with Crippen LogP contribution < -0.4 is 63.8 Å². The van der Waals surface area contributed by atoms with Crippen LogP contribution in [0.5, 0.6) is 0 Å². The average Bonchev–Trinajstić information content (AvgIpc) is 0.821. The summed E-state index contributed by atoms with van der Waals surface area (Å²) >= 11 is 55.7. The van der Waals surface area contributed by atoms with E-state index in [-0.39, 0.29) is 43.4 Å². The third-order valence-electron chi connectivity index (χ3n) is 20.5. The van der Waals surface area contributed by atoms with Gasteiger partial charge in [0.25, 0.3) is 23.6 Å². The van der Waals surface area contributed by atoms with Crippen LogP contribution in [0, 0.1) is 21.6 Å². The number of carbonyl (C=O) groups is 12. The SMILES string of the molecule is CC(=O)NC(C(=O)NC(C(=O)NC(=N)c1ccccc1)c1cccc(Cl)c1)c1ccc(Cl)c(Cl)c1.CC(C)(C)OC(=O)NC(C(=O)NC(C(=O)NC(=N)c1ccccc1)c1cccc(Cl)c1)c1ccc(Br)cc1.CC(C)(C)OC(=O)NC(C(=O)NC(C(=O)NC(=N)c1ccccc1)c1cccc(Cl)c1)c1ccc(Cl)c(Cl)c1.CC(C)(C)OC(=O)NC(C(=O)NC(C(=O)NC(=N)c1ccccc1)c1cccc(Cl)c1)c1cccc(Br)c1. The van der Waals surface area contributed by atoms with E-state index in [1.165, 1.54) is 49.4 Å². The molecule has 780 valence electrons. The standard InChI is InChI=1S/2C28H28BrClN4O4.C28H27Cl3N4O4.C25H21Cl3N4O3/c1-28(2,3)38-27(37)33-23(18-11-7-13-20(29)15-18)25(35)32-22(19-12-8-14-21(30)16-19)26(36)34-24(31)17-9-5-4-6-10-17;1-28(2,3)38-27(37)33-22(17-12-14-20(29)15-13-17)25(35)32-23(19-10-7-11-21(30)16-19)26(36)34-24(31)18-8-5-4-6-9-18;1-28(2,3)39-27(38)34-23(18-12-13-20(30)21(31)15-18)25(36)33-22(17-10-7-11-19(29)14-17)26(37)35-24(32)16-8-5-4-6-9-16;1-14(33)30-21(17-10-11-19(27)20(28)13-17)24(34)31-22(16-8-5-9-18(26)12-16)25(35)32-23(29)15-6-3-2-4-7-15/h2*4-16,22-23H,1-3H3,(H,32,35)(H,33,37)(H2,31,34,36);4-15,22-23H,1-3H3,(H,33,36)(H,34,38)(H2,32,35,37);2-13,21-22H,1H3,(H,30,33)(H,31,34)(H2,29,32,35). The number of carbonyl (C=O) groups excluding carboxylic acids is 12. The van der Waals surface area contributed by atoms with Crippen molar-refractivity contribution in [2.24, 2.45) is 0 Å². The second-order valence-electron chi connectivity index (χ2n) is 35.7. The first kappa shape index (κ1) is 119. The number of nitrogens with one attached hydrogen (secondary N) is 16. The lowest BCUT2D eigenvalue weighted by atomic mass is 10.0. The molecule has 150 heavy (non-hydrogen) atoms. The van der Waals surface area contributed by atoms with E-state index in [1.54, 1.807) is 323 Å². The summed E-state index contributed by atoms with van der Waals surface area (Å²) in [5, 5.41) is 66.7. The zero-order valence-electron chi connectivity index (χ0n) is 81.9. The van der Waals surface area contributed by atoms with E-state index in [0.29, 0.717) is 91.3 Å². The Hall–Kier alpha value is -14.4. The first-order valence-corrected chi connectivity index (χ1v) is 50.1. The highest BCUT2D eigenvalue weighted by molar-refractivity contribution is 9.10. The first-order chi connectivity index (χ1) is 70.8. The molecule has 16 N–H and O–H groups in total. The molecule has 0 saturated carbocycles. The second kappa shape index (κ2) is 56.3. The van der Waals surface area contributed by atoms with E-state index < -0.39 is 137 Å². The number of hydrogen-bond acceptors (Lipinski definition) is 19. The van der Waals surface area contributed by atoms with Gasteiger partial charge in [-0.1, -0.05) is 331 Å². The van der Waals surface area contributed by atoms with Crippen molar-refractivity contribution in [1.82, 2.24) is 63.8 Å². The molecule has 0 aliphatic carbocycles. The molecule has 0 bridgehead atoms. The minimum absolute atomic E-state index is 0.131. The molecule has 12 aromatic rings. The number of amidine groups is 4. The van der Waals surface area contributed by atoms with Gasteiger partial charge in [-0.3, -0.25) is 64.8 Å². The lowest BCUT2D eigenvalue weighted by Crippen LogP contribution is -2.47. The molecular weight excluding hydrogens is 2220 g/mol. The monoisotopic (exact) mass is 2310 g/mol. The Kier molecular flexibility index (Phi) is 44.7. The number of halogens is 10. The van der Waals surface area contributed by atoms with E-state index in [4.69, 9.17) is 129 Å². The Bertz CT molecular complexity index is 6920. The highest BCUT2D eigenvalue weighted by atomic mass is 79.9. The second-order valence-corrected chi connectivity index (χ2v) is 40.9. The normalized spacial score (nSPS) is 12.5. The molecule has 0 saturated heterocycles. The van der Waals surface area contributed by atoms with Gasteiger partial charge in [-0.25, -0.2) is 14.4 Å². The van der Waals surface area contributed by atoms with Crippen molar-refractivity contribution >= 4 is 219 Å². The van der Waals surface area contributed by atoms with Gasteiger partial charge in [0, 0.05) is 58.2 Å². The molecule has 0 aliphatic heterocycles. The molecular formula is C109H104Br2Cl8N16O15. The summed E-state index contributed by atoms with van der Waals surface area (Å²) in [6.07, 6.45) is -2.45.